The molecule has 0 atom stereocenters. The van der Waals surface area contributed by atoms with E-state index < -0.39 is 6.03 Å². The average Bonchev–Trinajstić information content (AvgIpc) is 3.20. The Hall–Kier alpha value is -4.07. The third-order valence-corrected chi connectivity index (χ3v) is 4.65. The number of nitrogens with two attached hydrogens (primary N) is 1. The second-order valence-electron chi connectivity index (χ2n) is 6.43. The van der Waals surface area contributed by atoms with Gasteiger partial charge in [0.25, 0.3) is 0 Å². The second-order valence-corrected chi connectivity index (χ2v) is 6.43. The third-order valence-electron chi connectivity index (χ3n) is 4.65. The van der Waals surface area contributed by atoms with E-state index in [1.54, 1.807) is 0 Å². The molecule has 5 aromatic rings. The highest BCUT2D eigenvalue weighted by molar-refractivity contribution is 6.19. The van der Waals surface area contributed by atoms with Crippen LogP contribution in [0.25, 0.3) is 38.7 Å². The van der Waals surface area contributed by atoms with Crippen LogP contribution in [0.15, 0.2) is 64.8 Å². The Morgan fingerprint density at radius 3 is 2.43 bits per heavy atom. The van der Waals surface area contributed by atoms with E-state index in [1.165, 1.54) is 0 Å². The van der Waals surface area contributed by atoms with Crippen molar-refractivity contribution in [3.8, 4) is 5.69 Å². The van der Waals surface area contributed by atoms with E-state index in [0.29, 0.717) is 22.4 Å². The predicted octanol–water partition coefficient (Wildman–Crippen LogP) is 4.53. The highest BCUT2D eigenvalue weighted by Crippen LogP contribution is 2.39. The molecule has 0 aliphatic heterocycles. The van der Waals surface area contributed by atoms with Crippen LogP contribution in [0, 0.1) is 6.92 Å². The first-order chi connectivity index (χ1) is 13.6. The number of nitrogens with zero attached hydrogens (tertiary/aromatic N) is 5. The Bertz CT molecular complexity index is 1400. The van der Waals surface area contributed by atoms with Crippen LogP contribution in [0.5, 0.6) is 0 Å². The standard InChI is InChI=1S/C20H15N7O/c1-11-15-19(27(26-11)12-7-3-2-4-8-12)23-16-13-9-5-6-10-14(13)17(18(16)22-15)24-25-20(21)28/h2-10,26H,1H3,(H2,21,28). The maximum Gasteiger partial charge on any atom is 0.356 e. The van der Waals surface area contributed by atoms with Gasteiger partial charge in [0.15, 0.2) is 5.65 Å². The molecular weight excluding hydrogens is 354 g/mol. The van der Waals surface area contributed by atoms with Crippen LogP contribution in [0.4, 0.5) is 10.5 Å². The Labute approximate surface area is 158 Å². The fourth-order valence-corrected chi connectivity index (χ4v) is 3.45. The number of rotatable bonds is 2. The van der Waals surface area contributed by atoms with Gasteiger partial charge in [0, 0.05) is 10.8 Å². The van der Waals surface area contributed by atoms with Gasteiger partial charge in [-0.15, -0.1) is 5.11 Å². The van der Waals surface area contributed by atoms with E-state index >= 15 is 0 Å². The van der Waals surface area contributed by atoms with E-state index in [2.05, 4.69) is 15.3 Å². The van der Waals surface area contributed by atoms with Gasteiger partial charge in [0.05, 0.1) is 11.4 Å². The number of para-hydroxylation sites is 1. The number of fused-ring (bicyclic) bond motifs is 4. The number of H-pyrrole nitrogens is 1. The minimum Gasteiger partial charge on any atom is -0.348 e. The monoisotopic (exact) mass is 369 g/mol. The van der Waals surface area contributed by atoms with Gasteiger partial charge in [-0.25, -0.2) is 19.4 Å². The average molecular weight is 369 g/mol. The highest BCUT2D eigenvalue weighted by Gasteiger charge is 2.19. The summed E-state index contributed by atoms with van der Waals surface area (Å²) in [5.41, 5.74) is 10.2. The van der Waals surface area contributed by atoms with Crippen LogP contribution >= 0.6 is 0 Å². The summed E-state index contributed by atoms with van der Waals surface area (Å²) in [6.07, 6.45) is 0. The van der Waals surface area contributed by atoms with Crippen LogP contribution in [0.3, 0.4) is 0 Å². The summed E-state index contributed by atoms with van der Waals surface area (Å²) in [5, 5.41) is 12.6. The van der Waals surface area contributed by atoms with Crippen LogP contribution in [0.1, 0.15) is 5.69 Å². The molecule has 28 heavy (non-hydrogen) atoms. The number of aryl methyl sites for hydroxylation is 1. The van der Waals surface area contributed by atoms with Gasteiger partial charge in [0.2, 0.25) is 0 Å². The zero-order valence-electron chi connectivity index (χ0n) is 14.9. The zero-order chi connectivity index (χ0) is 19.3. The van der Waals surface area contributed by atoms with Crippen molar-refractivity contribution >= 4 is 44.7 Å². The Morgan fingerprint density at radius 2 is 1.68 bits per heavy atom. The lowest BCUT2D eigenvalue weighted by molar-refractivity contribution is 0.255. The number of azo groups is 1. The number of urea groups is 1. The maximum absolute atomic E-state index is 11.1. The molecule has 2 amide bonds. The van der Waals surface area contributed by atoms with Crippen LogP contribution in [-0.2, 0) is 0 Å². The van der Waals surface area contributed by atoms with E-state index in [9.17, 15) is 4.79 Å². The highest BCUT2D eigenvalue weighted by atomic mass is 16.2. The maximum atomic E-state index is 11.1. The SMILES string of the molecule is Cc1[nH]n(-c2ccccc2)c2nc3c(nc12)c(N=NC(N)=O)c1ccccc13. The molecule has 0 radical (unpaired) electrons. The van der Waals surface area contributed by atoms with Crippen molar-refractivity contribution in [1.82, 2.24) is 19.7 Å². The lowest BCUT2D eigenvalue weighted by Gasteiger charge is -2.03. The Morgan fingerprint density at radius 1 is 0.964 bits per heavy atom. The quantitative estimate of drug-likeness (QED) is 0.446. The Kier molecular flexibility index (Phi) is 3.45. The Balaban J connectivity index is 1.90. The normalized spacial score (nSPS) is 11.9. The smallest absolute Gasteiger partial charge is 0.348 e. The van der Waals surface area contributed by atoms with Crippen LogP contribution in [-0.4, -0.2) is 25.8 Å². The molecule has 0 bridgehead atoms. The van der Waals surface area contributed by atoms with Gasteiger partial charge in [0.1, 0.15) is 22.2 Å². The molecule has 2 aromatic heterocycles. The van der Waals surface area contributed by atoms with E-state index in [-0.39, 0.29) is 0 Å². The lowest BCUT2D eigenvalue weighted by atomic mass is 10.2. The largest absolute Gasteiger partial charge is 0.356 e. The summed E-state index contributed by atoms with van der Waals surface area (Å²) in [7, 11) is 0. The molecule has 0 aliphatic carbocycles. The van der Waals surface area contributed by atoms with Gasteiger partial charge in [-0.3, -0.25) is 5.10 Å². The molecule has 8 heteroatoms. The van der Waals surface area contributed by atoms with Crippen molar-refractivity contribution in [2.75, 3.05) is 0 Å². The van der Waals surface area contributed by atoms with Gasteiger partial charge < -0.3 is 5.73 Å². The first-order valence-electron chi connectivity index (χ1n) is 8.69. The summed E-state index contributed by atoms with van der Waals surface area (Å²) in [4.78, 5) is 20.8. The zero-order valence-corrected chi connectivity index (χ0v) is 14.9. The predicted molar refractivity (Wildman–Crippen MR) is 107 cm³/mol. The number of aromatic amines is 1. The number of amides is 2. The summed E-state index contributed by atoms with van der Waals surface area (Å²) in [6, 6.07) is 16.7. The number of aromatic nitrogens is 4. The number of nitrogens with one attached hydrogen (secondary N) is 1. The molecule has 0 saturated carbocycles. The number of hydrogen-bond donors (Lipinski definition) is 2. The molecule has 0 saturated heterocycles. The van der Waals surface area contributed by atoms with Crippen molar-refractivity contribution in [2.24, 2.45) is 16.0 Å². The van der Waals surface area contributed by atoms with E-state index in [1.807, 2.05) is 66.2 Å². The fraction of sp³-hybridized carbons (Fsp3) is 0.0500. The molecule has 8 nitrogen and oxygen atoms in total. The van der Waals surface area contributed by atoms with E-state index in [0.717, 1.165) is 27.7 Å². The van der Waals surface area contributed by atoms with Gasteiger partial charge in [-0.05, 0) is 19.1 Å². The second kappa shape index (κ2) is 5.98. The van der Waals surface area contributed by atoms with Crippen LogP contribution in [0.2, 0.25) is 0 Å². The molecule has 2 heterocycles. The third kappa shape index (κ3) is 2.35. The van der Waals surface area contributed by atoms with Crippen molar-refractivity contribution < 1.29 is 4.79 Å². The summed E-state index contributed by atoms with van der Waals surface area (Å²) in [5.74, 6) is 0. The number of primary amides is 1. The molecule has 136 valence electrons. The molecular formula is C20H15N7O. The summed E-state index contributed by atoms with van der Waals surface area (Å²) in [6.45, 7) is 1.94. The lowest BCUT2D eigenvalue weighted by Crippen LogP contribution is -2.01. The number of benzene rings is 2. The minimum atomic E-state index is -0.854. The van der Waals surface area contributed by atoms with Gasteiger partial charge in [-0.2, -0.15) is 0 Å². The molecule has 3 N–H and O–H groups in total. The number of carbonyl (C=O) groups is 1. The first-order valence-corrected chi connectivity index (χ1v) is 8.69. The van der Waals surface area contributed by atoms with Crippen LogP contribution < -0.4 is 5.73 Å². The van der Waals surface area contributed by atoms with Crippen molar-refractivity contribution in [1.29, 1.82) is 0 Å². The minimum absolute atomic E-state index is 0.491. The number of carbonyl (C=O) groups excluding carboxylic acids is 1. The van der Waals surface area contributed by atoms with Crippen molar-refractivity contribution in [3.63, 3.8) is 0 Å². The van der Waals surface area contributed by atoms with Gasteiger partial charge in [-0.1, -0.05) is 47.6 Å². The summed E-state index contributed by atoms with van der Waals surface area (Å²) >= 11 is 0. The fourth-order valence-electron chi connectivity index (χ4n) is 3.45. The summed E-state index contributed by atoms with van der Waals surface area (Å²) < 4.78 is 1.91. The molecule has 3 aromatic carbocycles. The van der Waals surface area contributed by atoms with E-state index in [4.69, 9.17) is 15.7 Å². The molecule has 0 fully saturated rings. The molecule has 0 unspecified atom stereocenters. The van der Waals surface area contributed by atoms with Crippen molar-refractivity contribution in [2.45, 2.75) is 6.92 Å². The molecule has 0 aliphatic rings. The topological polar surface area (TPSA) is 114 Å². The first kappa shape index (κ1) is 16.1. The molecule has 0 spiro atoms. The van der Waals surface area contributed by atoms with Crippen molar-refractivity contribution in [3.05, 3.63) is 60.3 Å². The van der Waals surface area contributed by atoms with Gasteiger partial charge >= 0.3 is 6.03 Å². The number of hydrogen-bond acceptors (Lipinski definition) is 4. The molecule has 5 rings (SSSR count).